The third kappa shape index (κ3) is 2.01. The van der Waals surface area contributed by atoms with Crippen molar-refractivity contribution in [3.8, 4) is 5.69 Å². The second kappa shape index (κ2) is 4.64. The largest absolute Gasteiger partial charge is 0.396 e. The van der Waals surface area contributed by atoms with Gasteiger partial charge >= 0.3 is 0 Å². The number of aromatic nitrogens is 1. The van der Waals surface area contributed by atoms with E-state index in [0.717, 1.165) is 5.69 Å². The van der Waals surface area contributed by atoms with Gasteiger partial charge in [-0.25, -0.2) is 4.39 Å². The van der Waals surface area contributed by atoms with E-state index in [0.29, 0.717) is 17.7 Å². The summed E-state index contributed by atoms with van der Waals surface area (Å²) in [5, 5.41) is 0. The van der Waals surface area contributed by atoms with Gasteiger partial charge in [0.2, 0.25) is 0 Å². The van der Waals surface area contributed by atoms with E-state index < -0.39 is 5.82 Å². The van der Waals surface area contributed by atoms with Gasteiger partial charge in [-0.15, -0.1) is 0 Å². The SMILES string of the molecule is CCc1ccc(C)n(-c2ccc(N)c(F)c2)c1=O. The highest BCUT2D eigenvalue weighted by molar-refractivity contribution is 5.47. The number of pyridine rings is 1. The summed E-state index contributed by atoms with van der Waals surface area (Å²) in [6.07, 6.45) is 0.649. The van der Waals surface area contributed by atoms with Gasteiger partial charge < -0.3 is 5.73 Å². The first-order valence-electron chi connectivity index (χ1n) is 5.81. The van der Waals surface area contributed by atoms with Crippen LogP contribution < -0.4 is 11.3 Å². The predicted octanol–water partition coefficient (Wildman–Crippen LogP) is 2.43. The van der Waals surface area contributed by atoms with E-state index in [1.165, 1.54) is 16.7 Å². The molecular weight excluding hydrogens is 231 g/mol. The second-order valence-electron chi connectivity index (χ2n) is 4.20. The smallest absolute Gasteiger partial charge is 0.258 e. The molecule has 0 saturated heterocycles. The molecule has 2 N–H and O–H groups in total. The van der Waals surface area contributed by atoms with Crippen molar-refractivity contribution in [1.82, 2.24) is 4.57 Å². The zero-order valence-electron chi connectivity index (χ0n) is 10.4. The minimum atomic E-state index is -0.513. The average molecular weight is 246 g/mol. The number of aryl methyl sites for hydroxylation is 2. The van der Waals surface area contributed by atoms with Gasteiger partial charge in [0.05, 0.1) is 11.4 Å². The first kappa shape index (κ1) is 12.4. The molecular formula is C14H15FN2O. The fourth-order valence-corrected chi connectivity index (χ4v) is 1.92. The van der Waals surface area contributed by atoms with Crippen molar-refractivity contribution in [2.45, 2.75) is 20.3 Å². The van der Waals surface area contributed by atoms with Crippen molar-refractivity contribution >= 4 is 5.69 Å². The molecule has 0 aliphatic heterocycles. The summed E-state index contributed by atoms with van der Waals surface area (Å²) >= 11 is 0. The number of nitrogens with zero attached hydrogens (tertiary/aromatic N) is 1. The summed E-state index contributed by atoms with van der Waals surface area (Å²) in [5.41, 5.74) is 7.38. The molecule has 0 bridgehead atoms. The lowest BCUT2D eigenvalue weighted by Crippen LogP contribution is -2.23. The van der Waals surface area contributed by atoms with E-state index >= 15 is 0 Å². The van der Waals surface area contributed by atoms with E-state index in [4.69, 9.17) is 5.73 Å². The van der Waals surface area contributed by atoms with Crippen LogP contribution in [-0.4, -0.2) is 4.57 Å². The Morgan fingerprint density at radius 1 is 1.28 bits per heavy atom. The van der Waals surface area contributed by atoms with E-state index in [2.05, 4.69) is 0 Å². The highest BCUT2D eigenvalue weighted by Gasteiger charge is 2.08. The Labute approximate surface area is 105 Å². The van der Waals surface area contributed by atoms with Crippen LogP contribution in [0.1, 0.15) is 18.2 Å². The first-order chi connectivity index (χ1) is 8.54. The maximum absolute atomic E-state index is 13.5. The summed E-state index contributed by atoms with van der Waals surface area (Å²) in [7, 11) is 0. The second-order valence-corrected chi connectivity index (χ2v) is 4.20. The van der Waals surface area contributed by atoms with E-state index in [9.17, 15) is 9.18 Å². The highest BCUT2D eigenvalue weighted by Crippen LogP contribution is 2.16. The normalized spacial score (nSPS) is 10.6. The Morgan fingerprint density at radius 2 is 2.00 bits per heavy atom. The molecule has 2 aromatic rings. The lowest BCUT2D eigenvalue weighted by molar-refractivity contribution is 0.630. The van der Waals surface area contributed by atoms with Crippen LogP contribution in [0.25, 0.3) is 5.69 Å². The van der Waals surface area contributed by atoms with Crippen LogP contribution in [0, 0.1) is 12.7 Å². The minimum Gasteiger partial charge on any atom is -0.396 e. The number of nitrogen functional groups attached to an aromatic ring is 1. The molecule has 2 rings (SSSR count). The summed E-state index contributed by atoms with van der Waals surface area (Å²) in [6.45, 7) is 3.73. The van der Waals surface area contributed by atoms with Gasteiger partial charge in [-0.3, -0.25) is 9.36 Å². The van der Waals surface area contributed by atoms with Gasteiger partial charge in [-0.1, -0.05) is 13.0 Å². The van der Waals surface area contributed by atoms with Crippen LogP contribution in [-0.2, 0) is 6.42 Å². The van der Waals surface area contributed by atoms with Crippen LogP contribution in [0.15, 0.2) is 35.1 Å². The Balaban J connectivity index is 2.70. The molecule has 0 radical (unpaired) electrons. The van der Waals surface area contributed by atoms with Crippen LogP contribution >= 0.6 is 0 Å². The maximum Gasteiger partial charge on any atom is 0.258 e. The van der Waals surface area contributed by atoms with Gasteiger partial charge in [0, 0.05) is 17.3 Å². The Morgan fingerprint density at radius 3 is 2.61 bits per heavy atom. The molecule has 0 aliphatic rings. The van der Waals surface area contributed by atoms with Crippen molar-refractivity contribution in [2.75, 3.05) is 5.73 Å². The van der Waals surface area contributed by atoms with Crippen molar-refractivity contribution in [1.29, 1.82) is 0 Å². The molecule has 0 fully saturated rings. The third-order valence-corrected chi connectivity index (χ3v) is 2.98. The van der Waals surface area contributed by atoms with E-state index in [1.807, 2.05) is 26.0 Å². The Hall–Kier alpha value is -2.10. The average Bonchev–Trinajstić information content (AvgIpc) is 2.34. The lowest BCUT2D eigenvalue weighted by atomic mass is 10.2. The molecule has 0 spiro atoms. The molecule has 1 aromatic carbocycles. The molecule has 0 amide bonds. The van der Waals surface area contributed by atoms with E-state index in [-0.39, 0.29) is 11.2 Å². The van der Waals surface area contributed by atoms with Gasteiger partial charge in [-0.05, 0) is 31.5 Å². The molecule has 94 valence electrons. The highest BCUT2D eigenvalue weighted by atomic mass is 19.1. The van der Waals surface area contributed by atoms with Gasteiger partial charge in [0.15, 0.2) is 0 Å². The Bertz CT molecular complexity index is 647. The van der Waals surface area contributed by atoms with Crippen molar-refractivity contribution in [3.63, 3.8) is 0 Å². The lowest BCUT2D eigenvalue weighted by Gasteiger charge is -2.12. The number of benzene rings is 1. The summed E-state index contributed by atoms with van der Waals surface area (Å²) in [5.74, 6) is -0.513. The van der Waals surface area contributed by atoms with E-state index in [1.54, 1.807) is 6.07 Å². The van der Waals surface area contributed by atoms with Crippen molar-refractivity contribution in [2.24, 2.45) is 0 Å². The third-order valence-electron chi connectivity index (χ3n) is 2.98. The van der Waals surface area contributed by atoms with Gasteiger partial charge in [0.1, 0.15) is 5.82 Å². The predicted molar refractivity (Wildman–Crippen MR) is 70.5 cm³/mol. The fraction of sp³-hybridized carbons (Fsp3) is 0.214. The minimum absolute atomic E-state index is 0.0797. The number of halogens is 1. The molecule has 0 saturated carbocycles. The van der Waals surface area contributed by atoms with Gasteiger partial charge in [0.25, 0.3) is 5.56 Å². The van der Waals surface area contributed by atoms with Crippen LogP contribution in [0.3, 0.4) is 0 Å². The molecule has 1 heterocycles. The topological polar surface area (TPSA) is 48.0 Å². The molecule has 0 unspecified atom stereocenters. The zero-order chi connectivity index (χ0) is 13.3. The van der Waals surface area contributed by atoms with Crippen LogP contribution in [0.5, 0.6) is 0 Å². The molecule has 4 heteroatoms. The molecule has 0 atom stereocenters. The zero-order valence-corrected chi connectivity index (χ0v) is 10.4. The summed E-state index contributed by atoms with van der Waals surface area (Å²) < 4.78 is 15.0. The molecule has 1 aromatic heterocycles. The summed E-state index contributed by atoms with van der Waals surface area (Å²) in [6, 6.07) is 8.06. The Kier molecular flexibility index (Phi) is 3.19. The number of hydrogen-bond acceptors (Lipinski definition) is 2. The monoisotopic (exact) mass is 246 g/mol. The quantitative estimate of drug-likeness (QED) is 0.827. The fourth-order valence-electron chi connectivity index (χ4n) is 1.92. The number of anilines is 1. The summed E-state index contributed by atoms with van der Waals surface area (Å²) in [4.78, 5) is 12.2. The van der Waals surface area contributed by atoms with Crippen LogP contribution in [0.2, 0.25) is 0 Å². The maximum atomic E-state index is 13.5. The van der Waals surface area contributed by atoms with Gasteiger partial charge in [-0.2, -0.15) is 0 Å². The molecule has 18 heavy (non-hydrogen) atoms. The standard InChI is InChI=1S/C14H15FN2O/c1-3-10-5-4-9(2)17(14(10)18)11-6-7-13(16)12(15)8-11/h4-8H,3,16H2,1-2H3. The molecule has 3 nitrogen and oxygen atoms in total. The first-order valence-corrected chi connectivity index (χ1v) is 5.81. The van der Waals surface area contributed by atoms with Crippen molar-refractivity contribution in [3.05, 3.63) is 57.8 Å². The number of nitrogens with two attached hydrogens (primary N) is 1. The number of rotatable bonds is 2. The number of hydrogen-bond donors (Lipinski definition) is 1. The van der Waals surface area contributed by atoms with Crippen LogP contribution in [0.4, 0.5) is 10.1 Å². The van der Waals surface area contributed by atoms with Crippen molar-refractivity contribution < 1.29 is 4.39 Å². The molecule has 0 aliphatic carbocycles.